The van der Waals surface area contributed by atoms with Gasteiger partial charge in [0.15, 0.2) is 0 Å². The highest BCUT2D eigenvalue weighted by atomic mass is 79.9. The predicted molar refractivity (Wildman–Crippen MR) is 80.0 cm³/mol. The second-order valence-corrected chi connectivity index (χ2v) is 5.63. The van der Waals surface area contributed by atoms with Gasteiger partial charge in [-0.1, -0.05) is 0 Å². The standard InChI is InChI=1S/C15H15BrF2N2O/c1-9(19)6-10-2-3-11(7-20-10)21-8-12-14(17)5-4-13(16)15(12)18/h2-5,7,9H,6,8,19H2,1H3. The Kier molecular flexibility index (Phi) is 5.25. The lowest BCUT2D eigenvalue weighted by Crippen LogP contribution is -2.18. The van der Waals surface area contributed by atoms with Gasteiger partial charge in [0.2, 0.25) is 0 Å². The maximum atomic E-state index is 13.8. The van der Waals surface area contributed by atoms with Crippen molar-refractivity contribution in [2.75, 3.05) is 0 Å². The van der Waals surface area contributed by atoms with Crippen molar-refractivity contribution in [2.24, 2.45) is 5.73 Å². The Balaban J connectivity index is 2.05. The number of halogens is 3. The van der Waals surface area contributed by atoms with Crippen LogP contribution in [0.4, 0.5) is 8.78 Å². The quantitative estimate of drug-likeness (QED) is 0.832. The van der Waals surface area contributed by atoms with Gasteiger partial charge in [-0.25, -0.2) is 8.78 Å². The molecule has 2 N–H and O–H groups in total. The molecule has 21 heavy (non-hydrogen) atoms. The maximum Gasteiger partial charge on any atom is 0.146 e. The van der Waals surface area contributed by atoms with Crippen molar-refractivity contribution < 1.29 is 13.5 Å². The first-order valence-electron chi connectivity index (χ1n) is 6.43. The van der Waals surface area contributed by atoms with Crippen LogP contribution in [0, 0.1) is 11.6 Å². The molecule has 3 nitrogen and oxygen atoms in total. The minimum Gasteiger partial charge on any atom is -0.487 e. The SMILES string of the molecule is CC(N)Cc1ccc(OCc2c(F)ccc(Br)c2F)cn1. The highest BCUT2D eigenvalue weighted by molar-refractivity contribution is 9.10. The van der Waals surface area contributed by atoms with Gasteiger partial charge in [0, 0.05) is 18.2 Å². The van der Waals surface area contributed by atoms with Crippen LogP contribution in [0.5, 0.6) is 5.75 Å². The van der Waals surface area contributed by atoms with Crippen LogP contribution in [0.2, 0.25) is 0 Å². The zero-order valence-corrected chi connectivity index (χ0v) is 13.0. The van der Waals surface area contributed by atoms with Crippen molar-refractivity contribution in [3.8, 4) is 5.75 Å². The molecule has 1 aromatic heterocycles. The van der Waals surface area contributed by atoms with Crippen LogP contribution >= 0.6 is 15.9 Å². The number of hydrogen-bond acceptors (Lipinski definition) is 3. The Morgan fingerprint density at radius 3 is 2.67 bits per heavy atom. The van der Waals surface area contributed by atoms with Crippen molar-refractivity contribution in [2.45, 2.75) is 26.0 Å². The second-order valence-electron chi connectivity index (χ2n) is 4.78. The fourth-order valence-corrected chi connectivity index (χ4v) is 2.18. The lowest BCUT2D eigenvalue weighted by molar-refractivity contribution is 0.291. The number of hydrogen-bond donors (Lipinski definition) is 1. The van der Waals surface area contributed by atoms with Crippen molar-refractivity contribution in [3.63, 3.8) is 0 Å². The summed E-state index contributed by atoms with van der Waals surface area (Å²) in [6.07, 6.45) is 2.18. The molecule has 2 rings (SSSR count). The summed E-state index contributed by atoms with van der Waals surface area (Å²) in [6, 6.07) is 6.02. The predicted octanol–water partition coefficient (Wildman–Crippen LogP) is 3.59. The second kappa shape index (κ2) is 6.95. The molecule has 112 valence electrons. The summed E-state index contributed by atoms with van der Waals surface area (Å²) in [5.74, 6) is -0.851. The average molecular weight is 357 g/mol. The summed E-state index contributed by atoms with van der Waals surface area (Å²) in [5.41, 5.74) is 6.41. The monoisotopic (exact) mass is 356 g/mol. The Bertz CT molecular complexity index is 618. The molecule has 0 aliphatic rings. The molecule has 0 amide bonds. The average Bonchev–Trinajstić information content (AvgIpc) is 2.44. The molecule has 1 heterocycles. The topological polar surface area (TPSA) is 48.1 Å². The molecule has 0 fully saturated rings. The third kappa shape index (κ3) is 4.22. The molecule has 0 aliphatic heterocycles. The number of nitrogens with two attached hydrogens (primary N) is 1. The molecule has 0 saturated carbocycles. The highest BCUT2D eigenvalue weighted by Crippen LogP contribution is 2.23. The van der Waals surface area contributed by atoms with Gasteiger partial charge in [0.1, 0.15) is 24.0 Å². The lowest BCUT2D eigenvalue weighted by Gasteiger charge is -2.10. The van der Waals surface area contributed by atoms with Crippen LogP contribution in [0.25, 0.3) is 0 Å². The molecule has 0 bridgehead atoms. The first kappa shape index (κ1) is 15.9. The number of rotatable bonds is 5. The fraction of sp³-hybridized carbons (Fsp3) is 0.267. The van der Waals surface area contributed by atoms with Crippen molar-refractivity contribution in [3.05, 3.63) is 57.8 Å². The Morgan fingerprint density at radius 1 is 1.29 bits per heavy atom. The Labute approximate surface area is 130 Å². The van der Waals surface area contributed by atoms with Crippen LogP contribution < -0.4 is 10.5 Å². The van der Waals surface area contributed by atoms with Crippen molar-refractivity contribution >= 4 is 15.9 Å². The molecule has 0 aliphatic carbocycles. The van der Waals surface area contributed by atoms with E-state index in [2.05, 4.69) is 20.9 Å². The zero-order chi connectivity index (χ0) is 15.4. The fourth-order valence-electron chi connectivity index (χ4n) is 1.80. The molecule has 0 spiro atoms. The minimum atomic E-state index is -0.656. The smallest absolute Gasteiger partial charge is 0.146 e. The largest absolute Gasteiger partial charge is 0.487 e. The van der Waals surface area contributed by atoms with Crippen LogP contribution in [-0.2, 0) is 13.0 Å². The summed E-state index contributed by atoms with van der Waals surface area (Å²) in [6.45, 7) is 1.69. The van der Waals surface area contributed by atoms with Gasteiger partial charge in [-0.05, 0) is 47.1 Å². The van der Waals surface area contributed by atoms with E-state index in [0.29, 0.717) is 12.2 Å². The van der Waals surface area contributed by atoms with Crippen LogP contribution in [0.15, 0.2) is 34.9 Å². The summed E-state index contributed by atoms with van der Waals surface area (Å²) in [5, 5.41) is 0. The summed E-state index contributed by atoms with van der Waals surface area (Å²) >= 11 is 3.02. The summed E-state index contributed by atoms with van der Waals surface area (Å²) < 4.78 is 32.9. The maximum absolute atomic E-state index is 13.8. The molecule has 1 unspecified atom stereocenters. The van der Waals surface area contributed by atoms with Crippen LogP contribution in [-0.4, -0.2) is 11.0 Å². The first-order chi connectivity index (χ1) is 9.97. The third-order valence-electron chi connectivity index (χ3n) is 2.85. The minimum absolute atomic E-state index is 0.0223. The van der Waals surface area contributed by atoms with E-state index in [4.69, 9.17) is 10.5 Å². The molecular weight excluding hydrogens is 342 g/mol. The summed E-state index contributed by atoms with van der Waals surface area (Å²) in [4.78, 5) is 4.19. The number of benzene rings is 1. The van der Waals surface area contributed by atoms with E-state index >= 15 is 0 Å². The van der Waals surface area contributed by atoms with Crippen molar-refractivity contribution in [1.29, 1.82) is 0 Å². The lowest BCUT2D eigenvalue weighted by atomic mass is 10.2. The molecule has 1 atom stereocenters. The van der Waals surface area contributed by atoms with E-state index in [1.165, 1.54) is 18.3 Å². The van der Waals surface area contributed by atoms with Gasteiger partial charge in [-0.2, -0.15) is 0 Å². The molecule has 0 saturated heterocycles. The Morgan fingerprint density at radius 2 is 2.05 bits per heavy atom. The van der Waals surface area contributed by atoms with Crippen LogP contribution in [0.1, 0.15) is 18.2 Å². The highest BCUT2D eigenvalue weighted by Gasteiger charge is 2.13. The van der Waals surface area contributed by atoms with E-state index in [-0.39, 0.29) is 22.7 Å². The molecular formula is C15H15BrF2N2O. The molecule has 1 aromatic carbocycles. The van der Waals surface area contributed by atoms with Gasteiger partial charge >= 0.3 is 0 Å². The molecule has 0 radical (unpaired) electrons. The van der Waals surface area contributed by atoms with E-state index < -0.39 is 11.6 Å². The Hall–Kier alpha value is -1.53. The van der Waals surface area contributed by atoms with Gasteiger partial charge < -0.3 is 10.5 Å². The zero-order valence-electron chi connectivity index (χ0n) is 11.4. The van der Waals surface area contributed by atoms with E-state index in [1.54, 1.807) is 12.1 Å². The number of aromatic nitrogens is 1. The third-order valence-corrected chi connectivity index (χ3v) is 3.46. The number of nitrogens with zero attached hydrogens (tertiary/aromatic N) is 1. The number of pyridine rings is 1. The van der Waals surface area contributed by atoms with Gasteiger partial charge in [0.05, 0.1) is 16.2 Å². The van der Waals surface area contributed by atoms with Crippen molar-refractivity contribution in [1.82, 2.24) is 4.98 Å². The van der Waals surface area contributed by atoms with E-state index in [9.17, 15) is 8.78 Å². The summed E-state index contributed by atoms with van der Waals surface area (Å²) in [7, 11) is 0. The molecule has 6 heteroatoms. The van der Waals surface area contributed by atoms with Gasteiger partial charge in [-0.15, -0.1) is 0 Å². The van der Waals surface area contributed by atoms with E-state index in [0.717, 1.165) is 5.69 Å². The van der Waals surface area contributed by atoms with Crippen LogP contribution in [0.3, 0.4) is 0 Å². The van der Waals surface area contributed by atoms with Gasteiger partial charge in [0.25, 0.3) is 0 Å². The van der Waals surface area contributed by atoms with Gasteiger partial charge in [-0.3, -0.25) is 4.98 Å². The normalized spacial score (nSPS) is 12.2. The van der Waals surface area contributed by atoms with E-state index in [1.807, 2.05) is 6.92 Å². The molecule has 2 aromatic rings. The first-order valence-corrected chi connectivity index (χ1v) is 7.22. The number of ether oxygens (including phenoxy) is 1.